The van der Waals surface area contributed by atoms with Gasteiger partial charge in [0, 0.05) is 24.8 Å². The molecule has 2 atom stereocenters. The Labute approximate surface area is 125 Å². The minimum atomic E-state index is -0.199. The Morgan fingerprint density at radius 3 is 3.00 bits per heavy atom. The van der Waals surface area contributed by atoms with Crippen LogP contribution in [0, 0.1) is 11.8 Å². The second kappa shape index (κ2) is 7.22. The van der Waals surface area contributed by atoms with Crippen LogP contribution >= 0.6 is 0 Å². The lowest BCUT2D eigenvalue weighted by molar-refractivity contribution is 0.0935. The standard InChI is InChI=1S/C16H22N2O3/c1-11(2)10-21-16-14(4-3-7-17-16)15(20)18-13-6-5-12(8-13)9-19/h3-7,11-13,19H,8-10H2,1-2H3,(H,18,20)/t12-,13+/m0/s1. The van der Waals surface area contributed by atoms with Gasteiger partial charge in [-0.25, -0.2) is 4.98 Å². The third-order valence-electron chi connectivity index (χ3n) is 3.29. The summed E-state index contributed by atoms with van der Waals surface area (Å²) in [6.45, 7) is 4.72. The maximum absolute atomic E-state index is 12.3. The molecule has 0 bridgehead atoms. The van der Waals surface area contributed by atoms with E-state index < -0.39 is 0 Å². The van der Waals surface area contributed by atoms with Crippen molar-refractivity contribution in [2.45, 2.75) is 26.3 Å². The zero-order chi connectivity index (χ0) is 15.2. The van der Waals surface area contributed by atoms with Gasteiger partial charge in [0.1, 0.15) is 5.56 Å². The number of aliphatic hydroxyl groups excluding tert-OH is 1. The number of amides is 1. The van der Waals surface area contributed by atoms with E-state index in [-0.39, 0.29) is 24.5 Å². The SMILES string of the molecule is CC(C)COc1ncccc1C(=O)N[C@@H]1C=C[C@H](CO)C1. The molecular formula is C16H22N2O3. The summed E-state index contributed by atoms with van der Waals surface area (Å²) in [7, 11) is 0. The molecule has 5 heteroatoms. The third kappa shape index (κ3) is 4.29. The van der Waals surface area contributed by atoms with Gasteiger partial charge in [0.05, 0.1) is 6.61 Å². The van der Waals surface area contributed by atoms with Crippen molar-refractivity contribution in [2.24, 2.45) is 11.8 Å². The van der Waals surface area contributed by atoms with Gasteiger partial charge in [-0.2, -0.15) is 0 Å². The van der Waals surface area contributed by atoms with Gasteiger partial charge in [0.2, 0.25) is 5.88 Å². The highest BCUT2D eigenvalue weighted by molar-refractivity contribution is 5.96. The first kappa shape index (κ1) is 15.5. The number of pyridine rings is 1. The molecule has 1 heterocycles. The van der Waals surface area contributed by atoms with Gasteiger partial charge in [0.15, 0.2) is 0 Å². The largest absolute Gasteiger partial charge is 0.477 e. The van der Waals surface area contributed by atoms with Crippen LogP contribution in [0.2, 0.25) is 0 Å². The smallest absolute Gasteiger partial charge is 0.257 e. The van der Waals surface area contributed by atoms with Crippen molar-refractivity contribution in [1.29, 1.82) is 0 Å². The summed E-state index contributed by atoms with van der Waals surface area (Å²) >= 11 is 0. The van der Waals surface area contributed by atoms with E-state index in [0.29, 0.717) is 24.0 Å². The van der Waals surface area contributed by atoms with Crippen LogP contribution in [0.3, 0.4) is 0 Å². The summed E-state index contributed by atoms with van der Waals surface area (Å²) in [5.74, 6) is 0.659. The van der Waals surface area contributed by atoms with Gasteiger partial charge in [-0.3, -0.25) is 4.79 Å². The normalized spacial score (nSPS) is 20.8. The monoisotopic (exact) mass is 290 g/mol. The van der Waals surface area contributed by atoms with E-state index in [4.69, 9.17) is 9.84 Å². The highest BCUT2D eigenvalue weighted by atomic mass is 16.5. The van der Waals surface area contributed by atoms with Gasteiger partial charge in [0.25, 0.3) is 5.91 Å². The summed E-state index contributed by atoms with van der Waals surface area (Å²) in [5, 5.41) is 12.0. The van der Waals surface area contributed by atoms with Crippen molar-refractivity contribution >= 4 is 5.91 Å². The molecule has 0 saturated carbocycles. The minimum Gasteiger partial charge on any atom is -0.477 e. The number of nitrogens with one attached hydrogen (secondary N) is 1. The van der Waals surface area contributed by atoms with Gasteiger partial charge in [-0.15, -0.1) is 0 Å². The molecule has 0 saturated heterocycles. The number of carbonyl (C=O) groups is 1. The second-order valence-corrected chi connectivity index (χ2v) is 5.70. The first-order valence-corrected chi connectivity index (χ1v) is 7.28. The fourth-order valence-electron chi connectivity index (χ4n) is 2.19. The average molecular weight is 290 g/mol. The summed E-state index contributed by atoms with van der Waals surface area (Å²) in [4.78, 5) is 16.5. The molecule has 1 aromatic rings. The van der Waals surface area contributed by atoms with Crippen molar-refractivity contribution < 1.29 is 14.6 Å². The Hall–Kier alpha value is -1.88. The summed E-state index contributed by atoms with van der Waals surface area (Å²) in [6.07, 6.45) is 6.20. The maximum Gasteiger partial charge on any atom is 0.257 e. The number of hydrogen-bond acceptors (Lipinski definition) is 4. The van der Waals surface area contributed by atoms with Crippen LogP contribution in [0.1, 0.15) is 30.6 Å². The van der Waals surface area contributed by atoms with Crippen LogP contribution in [0.25, 0.3) is 0 Å². The van der Waals surface area contributed by atoms with Crippen molar-refractivity contribution in [3.63, 3.8) is 0 Å². The van der Waals surface area contributed by atoms with Crippen molar-refractivity contribution in [1.82, 2.24) is 10.3 Å². The third-order valence-corrected chi connectivity index (χ3v) is 3.29. The van der Waals surface area contributed by atoms with Crippen LogP contribution in [-0.2, 0) is 0 Å². The summed E-state index contributed by atoms with van der Waals surface area (Å²) in [5.41, 5.74) is 0.444. The number of rotatable bonds is 6. The molecule has 0 fully saturated rings. The first-order chi connectivity index (χ1) is 10.1. The van der Waals surface area contributed by atoms with Gasteiger partial charge < -0.3 is 15.2 Å². The molecule has 1 aromatic heterocycles. The van der Waals surface area contributed by atoms with Gasteiger partial charge in [-0.05, 0) is 24.5 Å². The predicted molar refractivity (Wildman–Crippen MR) is 80.2 cm³/mol. The molecule has 0 spiro atoms. The van der Waals surface area contributed by atoms with Crippen molar-refractivity contribution in [3.8, 4) is 5.88 Å². The molecule has 0 unspecified atom stereocenters. The molecule has 5 nitrogen and oxygen atoms in total. The molecule has 1 aliphatic carbocycles. The summed E-state index contributed by atoms with van der Waals surface area (Å²) < 4.78 is 5.60. The Balaban J connectivity index is 2.00. The van der Waals surface area contributed by atoms with Crippen molar-refractivity contribution in [2.75, 3.05) is 13.2 Å². The highest BCUT2D eigenvalue weighted by Crippen LogP contribution is 2.19. The van der Waals surface area contributed by atoms with Crippen LogP contribution in [-0.4, -0.2) is 35.3 Å². The quantitative estimate of drug-likeness (QED) is 0.783. The van der Waals surface area contributed by atoms with E-state index in [1.807, 2.05) is 26.0 Å². The van der Waals surface area contributed by atoms with E-state index in [1.54, 1.807) is 18.3 Å². The number of aromatic nitrogens is 1. The lowest BCUT2D eigenvalue weighted by Crippen LogP contribution is -2.33. The van der Waals surface area contributed by atoms with Gasteiger partial charge in [-0.1, -0.05) is 26.0 Å². The molecule has 0 radical (unpaired) electrons. The second-order valence-electron chi connectivity index (χ2n) is 5.70. The number of ether oxygens (including phenoxy) is 1. The Morgan fingerprint density at radius 2 is 2.33 bits per heavy atom. The number of nitrogens with zero attached hydrogens (tertiary/aromatic N) is 1. The number of aliphatic hydroxyl groups is 1. The van der Waals surface area contributed by atoms with E-state index in [1.165, 1.54) is 0 Å². The number of carbonyl (C=O) groups excluding carboxylic acids is 1. The van der Waals surface area contributed by atoms with Crippen LogP contribution < -0.4 is 10.1 Å². The fraction of sp³-hybridized carbons (Fsp3) is 0.500. The van der Waals surface area contributed by atoms with Crippen molar-refractivity contribution in [3.05, 3.63) is 36.0 Å². The van der Waals surface area contributed by atoms with Crippen LogP contribution in [0.5, 0.6) is 5.88 Å². The Bertz CT molecular complexity index is 514. The lowest BCUT2D eigenvalue weighted by Gasteiger charge is -2.15. The maximum atomic E-state index is 12.3. The van der Waals surface area contributed by atoms with E-state index >= 15 is 0 Å². The van der Waals surface area contributed by atoms with E-state index in [9.17, 15) is 4.79 Å². The zero-order valence-corrected chi connectivity index (χ0v) is 12.5. The predicted octanol–water partition coefficient (Wildman–Crippen LogP) is 1.78. The fourth-order valence-corrected chi connectivity index (χ4v) is 2.19. The molecule has 2 N–H and O–H groups in total. The summed E-state index contributed by atoms with van der Waals surface area (Å²) in [6, 6.07) is 3.38. The topological polar surface area (TPSA) is 71.5 Å². The van der Waals surface area contributed by atoms with Crippen LogP contribution in [0.4, 0.5) is 0 Å². The number of hydrogen-bond donors (Lipinski definition) is 2. The minimum absolute atomic E-state index is 0.0483. The molecule has 0 aliphatic heterocycles. The molecule has 1 aliphatic rings. The molecule has 21 heavy (non-hydrogen) atoms. The van der Waals surface area contributed by atoms with E-state index in [0.717, 1.165) is 6.42 Å². The van der Waals surface area contributed by atoms with Crippen LogP contribution in [0.15, 0.2) is 30.5 Å². The average Bonchev–Trinajstić information content (AvgIpc) is 2.93. The molecule has 114 valence electrons. The molecule has 0 aromatic carbocycles. The lowest BCUT2D eigenvalue weighted by atomic mass is 10.1. The van der Waals surface area contributed by atoms with E-state index in [2.05, 4.69) is 10.3 Å². The molecule has 2 rings (SSSR count). The first-order valence-electron chi connectivity index (χ1n) is 7.28. The zero-order valence-electron chi connectivity index (χ0n) is 12.5. The Morgan fingerprint density at radius 1 is 1.52 bits per heavy atom. The van der Waals surface area contributed by atoms with Gasteiger partial charge >= 0.3 is 0 Å². The molecular weight excluding hydrogens is 268 g/mol. The molecule has 1 amide bonds. The highest BCUT2D eigenvalue weighted by Gasteiger charge is 2.22. The Kier molecular flexibility index (Phi) is 5.33.